The zero-order valence-corrected chi connectivity index (χ0v) is 16.6. The molecule has 0 bridgehead atoms. The first-order valence-corrected chi connectivity index (χ1v) is 9.31. The Hall–Kier alpha value is -3.32. The van der Waals surface area contributed by atoms with Crippen molar-refractivity contribution in [2.45, 2.75) is 0 Å². The number of amides is 1. The molecule has 1 heterocycles. The van der Waals surface area contributed by atoms with Gasteiger partial charge in [-0.3, -0.25) is 9.59 Å². The minimum Gasteiger partial charge on any atom is -0.497 e. The topological polar surface area (TPSA) is 69.6 Å². The molecule has 0 unspecified atom stereocenters. The third-order valence-corrected chi connectivity index (χ3v) is 5.21. The van der Waals surface area contributed by atoms with Crippen molar-refractivity contribution in [2.75, 3.05) is 19.5 Å². The molecule has 28 heavy (non-hydrogen) atoms. The van der Waals surface area contributed by atoms with E-state index in [1.165, 1.54) is 22.0 Å². The third-order valence-electron chi connectivity index (χ3n) is 4.09. The summed E-state index contributed by atoms with van der Waals surface area (Å²) in [6.07, 6.45) is 3.20. The molecule has 7 heteroatoms. The lowest BCUT2D eigenvalue weighted by Crippen LogP contribution is -2.29. The Labute approximate surface area is 166 Å². The molecule has 3 aromatic rings. The molecule has 2 aromatic carbocycles. The van der Waals surface area contributed by atoms with Gasteiger partial charge in [-0.2, -0.15) is 0 Å². The zero-order chi connectivity index (χ0) is 20.1. The fourth-order valence-electron chi connectivity index (χ4n) is 2.59. The summed E-state index contributed by atoms with van der Waals surface area (Å²) in [7, 11) is 4.79. The zero-order valence-electron chi connectivity index (χ0n) is 15.8. The number of hydrogen-bond acceptors (Lipinski definition) is 5. The number of methoxy groups -OCH3 is 2. The summed E-state index contributed by atoms with van der Waals surface area (Å²) in [5.41, 5.74) is 1.29. The van der Waals surface area contributed by atoms with Crippen LogP contribution in [0.1, 0.15) is 5.56 Å². The highest BCUT2D eigenvalue weighted by atomic mass is 32.1. The Bertz CT molecular complexity index is 1160. The minimum atomic E-state index is -0.336. The molecule has 0 aliphatic carbocycles. The van der Waals surface area contributed by atoms with E-state index in [0.717, 1.165) is 11.3 Å². The van der Waals surface area contributed by atoms with Crippen LogP contribution in [0.15, 0.2) is 53.3 Å². The van der Waals surface area contributed by atoms with E-state index in [1.807, 2.05) is 30.3 Å². The largest absolute Gasteiger partial charge is 0.497 e. The molecule has 1 amide bonds. The molecule has 3 rings (SSSR count). The SMILES string of the molecule is COc1ccc(/C=c2\s/c(=C\C(=O)Nc3ccccc3OC)n(C)c2=O)cc1. The lowest BCUT2D eigenvalue weighted by Gasteiger charge is -2.07. The summed E-state index contributed by atoms with van der Waals surface area (Å²) < 4.78 is 12.9. The number of nitrogens with zero attached hydrogens (tertiary/aromatic N) is 1. The lowest BCUT2D eigenvalue weighted by molar-refractivity contribution is -0.110. The highest BCUT2D eigenvalue weighted by Crippen LogP contribution is 2.22. The molecule has 0 spiro atoms. The van der Waals surface area contributed by atoms with E-state index >= 15 is 0 Å². The fraction of sp³-hybridized carbons (Fsp3) is 0.143. The smallest absolute Gasteiger partial charge is 0.268 e. The van der Waals surface area contributed by atoms with E-state index in [2.05, 4.69) is 5.32 Å². The first-order chi connectivity index (χ1) is 13.5. The second-order valence-corrected chi connectivity index (χ2v) is 6.98. The van der Waals surface area contributed by atoms with Crippen LogP contribution in [0.4, 0.5) is 5.69 Å². The van der Waals surface area contributed by atoms with Crippen molar-refractivity contribution in [2.24, 2.45) is 7.05 Å². The first kappa shape index (κ1) is 19.4. The van der Waals surface area contributed by atoms with Crippen molar-refractivity contribution in [1.82, 2.24) is 4.57 Å². The summed E-state index contributed by atoms with van der Waals surface area (Å²) >= 11 is 1.26. The second-order valence-electron chi connectivity index (χ2n) is 5.92. The molecular weight excluding hydrogens is 376 g/mol. The number of ether oxygens (including phenoxy) is 2. The van der Waals surface area contributed by atoms with Crippen molar-refractivity contribution < 1.29 is 14.3 Å². The van der Waals surface area contributed by atoms with E-state index in [4.69, 9.17) is 9.47 Å². The van der Waals surface area contributed by atoms with Gasteiger partial charge in [0.2, 0.25) is 0 Å². The van der Waals surface area contributed by atoms with E-state index in [1.54, 1.807) is 45.5 Å². The van der Waals surface area contributed by atoms with E-state index in [-0.39, 0.29) is 11.5 Å². The van der Waals surface area contributed by atoms with Gasteiger partial charge in [-0.1, -0.05) is 24.3 Å². The molecule has 0 atom stereocenters. The van der Waals surface area contributed by atoms with E-state index < -0.39 is 0 Å². The molecule has 1 aromatic heterocycles. The Morgan fingerprint density at radius 3 is 2.46 bits per heavy atom. The van der Waals surface area contributed by atoms with Crippen LogP contribution in [0.3, 0.4) is 0 Å². The van der Waals surface area contributed by atoms with E-state index in [0.29, 0.717) is 20.6 Å². The number of hydrogen-bond donors (Lipinski definition) is 1. The van der Waals surface area contributed by atoms with Gasteiger partial charge in [0.05, 0.1) is 24.4 Å². The van der Waals surface area contributed by atoms with Gasteiger partial charge in [-0.25, -0.2) is 0 Å². The highest BCUT2D eigenvalue weighted by molar-refractivity contribution is 7.07. The maximum Gasteiger partial charge on any atom is 0.268 e. The molecule has 6 nitrogen and oxygen atoms in total. The standard InChI is InChI=1S/C21H20N2O4S/c1-23-20(13-19(24)22-16-6-4-5-7-17(16)27-3)28-18(21(23)25)12-14-8-10-15(26-2)11-9-14/h4-13H,1-3H3,(H,22,24)/b18-12-,20-13-. The number of carbonyl (C=O) groups excluding carboxylic acids is 1. The van der Waals surface area contributed by atoms with Gasteiger partial charge in [-0.15, -0.1) is 11.3 Å². The molecular formula is C21H20N2O4S. The lowest BCUT2D eigenvalue weighted by atomic mass is 10.2. The summed E-state index contributed by atoms with van der Waals surface area (Å²) in [5, 5.41) is 2.78. The summed E-state index contributed by atoms with van der Waals surface area (Å²) in [6, 6.07) is 14.5. The van der Waals surface area contributed by atoms with Crippen molar-refractivity contribution in [1.29, 1.82) is 0 Å². The van der Waals surface area contributed by atoms with Crippen LogP contribution in [0, 0.1) is 0 Å². The average Bonchev–Trinajstić information content (AvgIpc) is 2.96. The van der Waals surface area contributed by atoms with Crippen LogP contribution < -0.4 is 29.5 Å². The third kappa shape index (κ3) is 4.32. The molecule has 0 aliphatic heterocycles. The monoisotopic (exact) mass is 396 g/mol. The molecule has 144 valence electrons. The quantitative estimate of drug-likeness (QED) is 0.713. The molecule has 0 saturated heterocycles. The first-order valence-electron chi connectivity index (χ1n) is 8.49. The predicted molar refractivity (Wildman–Crippen MR) is 111 cm³/mol. The van der Waals surface area contributed by atoms with Crippen LogP contribution in [-0.2, 0) is 11.8 Å². The highest BCUT2D eigenvalue weighted by Gasteiger charge is 2.06. The summed E-state index contributed by atoms with van der Waals surface area (Å²) in [6.45, 7) is 0. The van der Waals surface area contributed by atoms with Gasteiger partial charge >= 0.3 is 0 Å². The van der Waals surface area contributed by atoms with Crippen LogP contribution in [0.25, 0.3) is 12.2 Å². The number of nitrogens with one attached hydrogen (secondary N) is 1. The Morgan fingerprint density at radius 1 is 1.07 bits per heavy atom. The van der Waals surface area contributed by atoms with Crippen LogP contribution in [0.5, 0.6) is 11.5 Å². The van der Waals surface area contributed by atoms with Crippen molar-refractivity contribution in [3.8, 4) is 11.5 Å². The molecule has 0 fully saturated rings. The van der Waals surface area contributed by atoms with Crippen LogP contribution in [0.2, 0.25) is 0 Å². The van der Waals surface area contributed by atoms with E-state index in [9.17, 15) is 9.59 Å². The van der Waals surface area contributed by atoms with Gasteiger partial charge in [0, 0.05) is 13.1 Å². The number of benzene rings is 2. The normalized spacial score (nSPS) is 12.1. The Morgan fingerprint density at radius 2 is 1.79 bits per heavy atom. The van der Waals surface area contributed by atoms with Crippen molar-refractivity contribution in [3.63, 3.8) is 0 Å². The maximum absolute atomic E-state index is 12.5. The van der Waals surface area contributed by atoms with Gasteiger partial charge in [0.25, 0.3) is 11.5 Å². The summed E-state index contributed by atoms with van der Waals surface area (Å²) in [4.78, 5) is 24.9. The van der Waals surface area contributed by atoms with Crippen molar-refractivity contribution in [3.05, 3.63) is 73.6 Å². The van der Waals surface area contributed by atoms with Gasteiger partial charge in [-0.05, 0) is 35.9 Å². The summed E-state index contributed by atoms with van der Waals surface area (Å²) in [5.74, 6) is 0.980. The molecule has 0 saturated carbocycles. The number of carbonyl (C=O) groups is 1. The van der Waals surface area contributed by atoms with Crippen LogP contribution in [-0.4, -0.2) is 24.7 Å². The van der Waals surface area contributed by atoms with Crippen LogP contribution >= 0.6 is 11.3 Å². The minimum absolute atomic E-state index is 0.155. The number of aromatic nitrogens is 1. The van der Waals surface area contributed by atoms with Gasteiger partial charge in [0.15, 0.2) is 0 Å². The van der Waals surface area contributed by atoms with Gasteiger partial charge in [0.1, 0.15) is 16.2 Å². The molecule has 0 aliphatic rings. The number of para-hydroxylation sites is 2. The Kier molecular flexibility index (Phi) is 5.96. The second kappa shape index (κ2) is 8.58. The predicted octanol–water partition coefficient (Wildman–Crippen LogP) is 1.71. The van der Waals surface area contributed by atoms with Gasteiger partial charge < -0.3 is 19.4 Å². The van der Waals surface area contributed by atoms with Crippen molar-refractivity contribution >= 4 is 35.1 Å². The molecule has 0 radical (unpaired) electrons. The number of thiazole rings is 1. The number of rotatable bonds is 5. The average molecular weight is 396 g/mol. The Balaban J connectivity index is 1.92. The number of anilines is 1. The fourth-order valence-corrected chi connectivity index (χ4v) is 3.62. The maximum atomic E-state index is 12.5. The molecule has 1 N–H and O–H groups in total.